The third-order valence-corrected chi connectivity index (χ3v) is 3.38. The van der Waals surface area contributed by atoms with Gasteiger partial charge in [-0.3, -0.25) is 10.1 Å². The number of hydrogen-bond acceptors (Lipinski definition) is 3. The molecule has 1 atom stereocenters. The predicted molar refractivity (Wildman–Crippen MR) is 75.9 cm³/mol. The van der Waals surface area contributed by atoms with Gasteiger partial charge in [-0.2, -0.15) is 0 Å². The van der Waals surface area contributed by atoms with Crippen LogP contribution in [-0.4, -0.2) is 11.9 Å². The van der Waals surface area contributed by atoms with Crippen molar-refractivity contribution in [1.82, 2.24) is 10.6 Å². The van der Waals surface area contributed by atoms with E-state index in [0.29, 0.717) is 12.6 Å². The van der Waals surface area contributed by atoms with Crippen molar-refractivity contribution in [3.05, 3.63) is 60.1 Å². The molecule has 0 radical (unpaired) electrons. The zero-order valence-corrected chi connectivity index (χ0v) is 11.2. The highest BCUT2D eigenvalue weighted by atomic mass is 16.3. The summed E-state index contributed by atoms with van der Waals surface area (Å²) in [7, 11) is 0. The van der Waals surface area contributed by atoms with Gasteiger partial charge in [0.05, 0.1) is 12.8 Å². The summed E-state index contributed by atoms with van der Waals surface area (Å²) in [5.41, 5.74) is 0.970. The molecule has 0 spiro atoms. The van der Waals surface area contributed by atoms with E-state index in [1.54, 1.807) is 6.26 Å². The third-order valence-electron chi connectivity index (χ3n) is 3.38. The van der Waals surface area contributed by atoms with E-state index in [9.17, 15) is 4.79 Å². The van der Waals surface area contributed by atoms with E-state index >= 15 is 0 Å². The summed E-state index contributed by atoms with van der Waals surface area (Å²) < 4.78 is 5.30. The molecule has 2 N–H and O–H groups in total. The highest BCUT2D eigenvalue weighted by molar-refractivity contribution is 5.83. The summed E-state index contributed by atoms with van der Waals surface area (Å²) in [6.07, 6.45) is 3.82. The summed E-state index contributed by atoms with van der Waals surface area (Å²) >= 11 is 0. The Morgan fingerprint density at radius 1 is 1.20 bits per heavy atom. The molecular weight excluding hydrogens is 252 g/mol. The van der Waals surface area contributed by atoms with Crippen LogP contribution in [0.15, 0.2) is 53.1 Å². The van der Waals surface area contributed by atoms with Gasteiger partial charge in [0.25, 0.3) is 0 Å². The number of rotatable bonds is 6. The highest BCUT2D eigenvalue weighted by Gasteiger charge is 2.28. The molecule has 1 aliphatic carbocycles. The van der Waals surface area contributed by atoms with Gasteiger partial charge >= 0.3 is 0 Å². The first-order chi connectivity index (χ1) is 9.83. The van der Waals surface area contributed by atoms with Crippen LogP contribution in [0.2, 0.25) is 0 Å². The van der Waals surface area contributed by atoms with E-state index in [2.05, 4.69) is 10.6 Å². The quantitative estimate of drug-likeness (QED) is 0.847. The van der Waals surface area contributed by atoms with Crippen LogP contribution in [0.25, 0.3) is 0 Å². The molecule has 0 saturated heterocycles. The van der Waals surface area contributed by atoms with Crippen molar-refractivity contribution in [3.63, 3.8) is 0 Å². The molecule has 1 fully saturated rings. The van der Waals surface area contributed by atoms with E-state index in [1.165, 1.54) is 0 Å². The number of benzene rings is 1. The van der Waals surface area contributed by atoms with Crippen molar-refractivity contribution in [3.8, 4) is 0 Å². The smallest absolute Gasteiger partial charge is 0.241 e. The molecule has 3 rings (SSSR count). The van der Waals surface area contributed by atoms with E-state index in [4.69, 9.17) is 4.42 Å². The fourth-order valence-corrected chi connectivity index (χ4v) is 2.14. The Balaban J connectivity index is 1.70. The van der Waals surface area contributed by atoms with Crippen LogP contribution in [0.5, 0.6) is 0 Å². The lowest BCUT2D eigenvalue weighted by Gasteiger charge is -2.18. The Hall–Kier alpha value is -2.07. The molecule has 1 aliphatic rings. The molecule has 104 valence electrons. The molecule has 1 aromatic carbocycles. The van der Waals surface area contributed by atoms with Crippen molar-refractivity contribution < 1.29 is 9.21 Å². The number of carbonyl (C=O) groups excluding carboxylic acids is 1. The lowest BCUT2D eigenvalue weighted by Crippen LogP contribution is -2.38. The second kappa shape index (κ2) is 5.92. The SMILES string of the molecule is O=C(NC1CC1)C(NCc1ccco1)c1ccccc1. The maximum absolute atomic E-state index is 12.3. The zero-order chi connectivity index (χ0) is 13.8. The van der Waals surface area contributed by atoms with Gasteiger partial charge in [0.15, 0.2) is 0 Å². The minimum Gasteiger partial charge on any atom is -0.468 e. The van der Waals surface area contributed by atoms with Gasteiger partial charge in [0.1, 0.15) is 11.8 Å². The maximum Gasteiger partial charge on any atom is 0.241 e. The Morgan fingerprint density at radius 3 is 2.65 bits per heavy atom. The number of nitrogens with one attached hydrogen (secondary N) is 2. The van der Waals surface area contributed by atoms with Crippen molar-refractivity contribution >= 4 is 5.91 Å². The van der Waals surface area contributed by atoms with E-state index < -0.39 is 0 Å². The minimum absolute atomic E-state index is 0.0326. The third kappa shape index (κ3) is 3.27. The molecule has 0 bridgehead atoms. The molecule has 1 heterocycles. The molecule has 4 heteroatoms. The molecule has 2 aromatic rings. The molecule has 1 amide bonds. The Kier molecular flexibility index (Phi) is 3.83. The molecule has 1 unspecified atom stereocenters. The van der Waals surface area contributed by atoms with Crippen molar-refractivity contribution in [2.75, 3.05) is 0 Å². The van der Waals surface area contributed by atoms with Crippen LogP contribution in [0.1, 0.15) is 30.2 Å². The van der Waals surface area contributed by atoms with E-state index in [-0.39, 0.29) is 11.9 Å². The average Bonchev–Trinajstić information content (AvgIpc) is 3.13. The van der Waals surface area contributed by atoms with Crippen LogP contribution in [0, 0.1) is 0 Å². The Labute approximate surface area is 118 Å². The largest absolute Gasteiger partial charge is 0.468 e. The first kappa shape index (κ1) is 12.9. The van der Waals surface area contributed by atoms with Gasteiger partial charge < -0.3 is 9.73 Å². The molecule has 20 heavy (non-hydrogen) atoms. The standard InChI is InChI=1S/C16H18N2O2/c19-16(18-13-8-9-13)15(12-5-2-1-3-6-12)17-11-14-7-4-10-20-14/h1-7,10,13,15,17H,8-9,11H2,(H,18,19). The van der Waals surface area contributed by atoms with Gasteiger partial charge in [-0.15, -0.1) is 0 Å². The summed E-state index contributed by atoms with van der Waals surface area (Å²) in [4.78, 5) is 12.3. The number of hydrogen-bond donors (Lipinski definition) is 2. The monoisotopic (exact) mass is 270 g/mol. The summed E-state index contributed by atoms with van der Waals surface area (Å²) in [6, 6.07) is 13.5. The number of furan rings is 1. The molecule has 1 saturated carbocycles. The van der Waals surface area contributed by atoms with E-state index in [0.717, 1.165) is 24.2 Å². The molecule has 1 aromatic heterocycles. The summed E-state index contributed by atoms with van der Waals surface area (Å²) in [5, 5.41) is 6.32. The number of amides is 1. The molecular formula is C16H18N2O2. The van der Waals surface area contributed by atoms with Gasteiger partial charge in [0.2, 0.25) is 5.91 Å². The predicted octanol–water partition coefficient (Wildman–Crippen LogP) is 2.39. The summed E-state index contributed by atoms with van der Waals surface area (Å²) in [5.74, 6) is 0.857. The van der Waals surface area contributed by atoms with Gasteiger partial charge in [-0.1, -0.05) is 30.3 Å². The Bertz CT molecular complexity index is 547. The van der Waals surface area contributed by atoms with Crippen LogP contribution in [-0.2, 0) is 11.3 Å². The van der Waals surface area contributed by atoms with Crippen molar-refractivity contribution in [2.45, 2.75) is 31.5 Å². The van der Waals surface area contributed by atoms with Gasteiger partial charge in [0, 0.05) is 6.04 Å². The lowest BCUT2D eigenvalue weighted by atomic mass is 10.1. The topological polar surface area (TPSA) is 54.3 Å². The first-order valence-electron chi connectivity index (χ1n) is 6.94. The Morgan fingerprint density at radius 2 is 2.00 bits per heavy atom. The fourth-order valence-electron chi connectivity index (χ4n) is 2.14. The van der Waals surface area contributed by atoms with Crippen LogP contribution >= 0.6 is 0 Å². The second-order valence-electron chi connectivity index (χ2n) is 5.09. The average molecular weight is 270 g/mol. The lowest BCUT2D eigenvalue weighted by molar-refractivity contribution is -0.123. The highest BCUT2D eigenvalue weighted by Crippen LogP contribution is 2.21. The van der Waals surface area contributed by atoms with Crippen LogP contribution in [0.4, 0.5) is 0 Å². The molecule has 4 nitrogen and oxygen atoms in total. The minimum atomic E-state index is -0.345. The van der Waals surface area contributed by atoms with Gasteiger partial charge in [-0.05, 0) is 30.5 Å². The van der Waals surface area contributed by atoms with Crippen molar-refractivity contribution in [1.29, 1.82) is 0 Å². The molecule has 0 aliphatic heterocycles. The van der Waals surface area contributed by atoms with Crippen LogP contribution in [0.3, 0.4) is 0 Å². The van der Waals surface area contributed by atoms with Gasteiger partial charge in [-0.25, -0.2) is 0 Å². The normalized spacial score (nSPS) is 15.8. The zero-order valence-electron chi connectivity index (χ0n) is 11.2. The fraction of sp³-hybridized carbons (Fsp3) is 0.312. The maximum atomic E-state index is 12.3. The second-order valence-corrected chi connectivity index (χ2v) is 5.09. The summed E-state index contributed by atoms with van der Waals surface area (Å²) in [6.45, 7) is 0.532. The van der Waals surface area contributed by atoms with Crippen LogP contribution < -0.4 is 10.6 Å². The van der Waals surface area contributed by atoms with Crippen molar-refractivity contribution in [2.24, 2.45) is 0 Å². The van der Waals surface area contributed by atoms with E-state index in [1.807, 2.05) is 42.5 Å². The first-order valence-corrected chi connectivity index (χ1v) is 6.94. The number of carbonyl (C=O) groups is 1.